The molecule has 0 aromatic heterocycles. The van der Waals surface area contributed by atoms with Gasteiger partial charge in [0.2, 0.25) is 0 Å². The average molecular weight is 191 g/mol. The molecule has 1 atom stereocenters. The van der Waals surface area contributed by atoms with Crippen molar-refractivity contribution in [3.63, 3.8) is 0 Å². The average Bonchev–Trinajstić information content (AvgIpc) is 1.36. The molecule has 0 aromatic rings. The number of hydrogen-bond acceptors (Lipinski definition) is 0. The van der Waals surface area contributed by atoms with Gasteiger partial charge in [0, 0.05) is 0 Å². The molecule has 0 spiro atoms. The summed E-state index contributed by atoms with van der Waals surface area (Å²) in [6, 6.07) is 0. The molecule has 1 unspecified atom stereocenters. The molecule has 0 aliphatic carbocycles. The first-order valence-electron chi connectivity index (χ1n) is 2.40. The topological polar surface area (TPSA) is 0 Å². The molecule has 0 heterocycles. The Balaban J connectivity index is 2.99. The van der Waals surface area contributed by atoms with E-state index in [1.165, 1.54) is 22.5 Å². The molecule has 0 fully saturated rings. The Hall–Kier alpha value is 0.799. The van der Waals surface area contributed by atoms with E-state index in [1.54, 1.807) is 0 Å². The van der Waals surface area contributed by atoms with Crippen LogP contribution in [0.15, 0.2) is 0 Å². The SMILES string of the molecule is CC(C)[CH](C)[SnH]. The van der Waals surface area contributed by atoms with Crippen LogP contribution in [-0.2, 0) is 0 Å². The van der Waals surface area contributed by atoms with Gasteiger partial charge in [0.15, 0.2) is 0 Å². The van der Waals surface area contributed by atoms with Gasteiger partial charge in [-0.1, -0.05) is 0 Å². The zero-order chi connectivity index (χ0) is 5.15. The first kappa shape index (κ1) is 6.80. The molecule has 6 heavy (non-hydrogen) atoms. The quantitative estimate of drug-likeness (QED) is 0.548. The van der Waals surface area contributed by atoms with Crippen LogP contribution in [0.3, 0.4) is 0 Å². The molecule has 0 bridgehead atoms. The Kier molecular flexibility index (Phi) is 3.27. The maximum absolute atomic E-state index is 2.30. The van der Waals surface area contributed by atoms with E-state index in [0.29, 0.717) is 0 Å². The Morgan fingerprint density at radius 2 is 1.33 bits per heavy atom. The van der Waals surface area contributed by atoms with E-state index in [2.05, 4.69) is 20.8 Å². The van der Waals surface area contributed by atoms with Crippen LogP contribution in [0.4, 0.5) is 0 Å². The van der Waals surface area contributed by atoms with Gasteiger partial charge in [0.1, 0.15) is 0 Å². The Morgan fingerprint density at radius 3 is 1.33 bits per heavy atom. The van der Waals surface area contributed by atoms with Gasteiger partial charge in [0.05, 0.1) is 0 Å². The van der Waals surface area contributed by atoms with Crippen LogP contribution < -0.4 is 0 Å². The van der Waals surface area contributed by atoms with Crippen molar-refractivity contribution in [3.8, 4) is 0 Å². The number of rotatable bonds is 1. The van der Waals surface area contributed by atoms with Crippen LogP contribution in [0.5, 0.6) is 0 Å². The van der Waals surface area contributed by atoms with E-state index in [0.717, 1.165) is 9.85 Å². The zero-order valence-corrected chi connectivity index (χ0v) is 8.03. The van der Waals surface area contributed by atoms with Crippen molar-refractivity contribution in [1.82, 2.24) is 0 Å². The van der Waals surface area contributed by atoms with Crippen LogP contribution in [0.25, 0.3) is 0 Å². The third-order valence-corrected chi connectivity index (χ3v) is 3.25. The van der Waals surface area contributed by atoms with Crippen LogP contribution in [0.2, 0.25) is 3.93 Å². The monoisotopic (exact) mass is 192 g/mol. The summed E-state index contributed by atoms with van der Waals surface area (Å²) >= 11 is 1.41. The second-order valence-corrected chi connectivity index (χ2v) is 5.10. The van der Waals surface area contributed by atoms with Crippen molar-refractivity contribution in [3.05, 3.63) is 0 Å². The van der Waals surface area contributed by atoms with E-state index < -0.39 is 0 Å². The van der Waals surface area contributed by atoms with Crippen molar-refractivity contribution >= 4 is 22.5 Å². The molecule has 0 N–H and O–H groups in total. The molecule has 0 saturated heterocycles. The Morgan fingerprint density at radius 1 is 1.17 bits per heavy atom. The third-order valence-electron chi connectivity index (χ3n) is 1.05. The molecule has 2 radical (unpaired) electrons. The predicted molar refractivity (Wildman–Crippen MR) is 31.4 cm³/mol. The van der Waals surface area contributed by atoms with E-state index in [-0.39, 0.29) is 0 Å². The molecule has 0 amide bonds. The first-order valence-corrected chi connectivity index (χ1v) is 4.30. The van der Waals surface area contributed by atoms with Gasteiger partial charge in [-0.2, -0.15) is 0 Å². The van der Waals surface area contributed by atoms with E-state index in [4.69, 9.17) is 0 Å². The molecular weight excluding hydrogens is 179 g/mol. The van der Waals surface area contributed by atoms with Gasteiger partial charge >= 0.3 is 53.1 Å². The zero-order valence-electron chi connectivity index (χ0n) is 4.73. The minimum atomic E-state index is 0.910. The summed E-state index contributed by atoms with van der Waals surface area (Å²) in [4.78, 5) is 0. The normalized spacial score (nSPS) is 15.5. The summed E-state index contributed by atoms with van der Waals surface area (Å²) in [5.41, 5.74) is 0. The molecule has 0 aliphatic heterocycles. The Labute approximate surface area is 53.4 Å². The van der Waals surface area contributed by atoms with Gasteiger partial charge in [0.25, 0.3) is 0 Å². The number of hydrogen-bond donors (Lipinski definition) is 0. The first-order chi connectivity index (χ1) is 2.64. The maximum atomic E-state index is 2.30. The van der Waals surface area contributed by atoms with Crippen molar-refractivity contribution in [1.29, 1.82) is 0 Å². The van der Waals surface area contributed by atoms with Crippen molar-refractivity contribution < 1.29 is 0 Å². The Bertz CT molecular complexity index is 24.9. The predicted octanol–water partition coefficient (Wildman–Crippen LogP) is 1.35. The van der Waals surface area contributed by atoms with Crippen LogP contribution >= 0.6 is 0 Å². The van der Waals surface area contributed by atoms with Gasteiger partial charge in [-0.3, -0.25) is 0 Å². The molecule has 36 valence electrons. The van der Waals surface area contributed by atoms with Crippen LogP contribution in [0, 0.1) is 5.92 Å². The standard InChI is InChI=1S/C5H11.Sn.H/c1-4-5(2)3;;/h4-5H,1-3H3;;. The van der Waals surface area contributed by atoms with E-state index in [1.807, 2.05) is 0 Å². The molecule has 0 saturated carbocycles. The van der Waals surface area contributed by atoms with E-state index in [9.17, 15) is 0 Å². The molecule has 0 nitrogen and oxygen atoms in total. The van der Waals surface area contributed by atoms with Crippen molar-refractivity contribution in [2.75, 3.05) is 0 Å². The van der Waals surface area contributed by atoms with Gasteiger partial charge in [-0.25, -0.2) is 0 Å². The summed E-state index contributed by atoms with van der Waals surface area (Å²) < 4.78 is 0.982. The molecule has 1 heteroatoms. The summed E-state index contributed by atoms with van der Waals surface area (Å²) in [5.74, 6) is 0.910. The minimum absolute atomic E-state index is 0.910. The molecule has 0 rings (SSSR count). The summed E-state index contributed by atoms with van der Waals surface area (Å²) in [6.45, 7) is 6.84. The summed E-state index contributed by atoms with van der Waals surface area (Å²) in [7, 11) is 0. The van der Waals surface area contributed by atoms with Gasteiger partial charge in [-0.05, 0) is 0 Å². The molecular formula is C5H12Sn. The van der Waals surface area contributed by atoms with Crippen LogP contribution in [0.1, 0.15) is 20.8 Å². The van der Waals surface area contributed by atoms with E-state index >= 15 is 0 Å². The second kappa shape index (κ2) is 2.89. The fraction of sp³-hybridized carbons (Fsp3) is 1.00. The fourth-order valence-electron chi connectivity index (χ4n) is 0. The van der Waals surface area contributed by atoms with Gasteiger partial charge in [-0.15, -0.1) is 0 Å². The van der Waals surface area contributed by atoms with Gasteiger partial charge < -0.3 is 0 Å². The van der Waals surface area contributed by atoms with Crippen molar-refractivity contribution in [2.45, 2.75) is 24.7 Å². The second-order valence-electron chi connectivity index (χ2n) is 2.10. The van der Waals surface area contributed by atoms with Crippen molar-refractivity contribution in [2.24, 2.45) is 5.92 Å². The third kappa shape index (κ3) is 3.01. The van der Waals surface area contributed by atoms with Crippen LogP contribution in [-0.4, -0.2) is 22.5 Å². The molecule has 0 aliphatic rings. The summed E-state index contributed by atoms with van der Waals surface area (Å²) in [5, 5.41) is 0. The fourth-order valence-corrected chi connectivity index (χ4v) is 0. The summed E-state index contributed by atoms with van der Waals surface area (Å²) in [6.07, 6.45) is 0. The molecule has 0 aromatic carbocycles.